The van der Waals surface area contributed by atoms with Crippen molar-refractivity contribution in [2.24, 2.45) is 5.10 Å². The zero-order valence-electron chi connectivity index (χ0n) is 14.0. The summed E-state index contributed by atoms with van der Waals surface area (Å²) in [6, 6.07) is 21.2. The molecule has 1 aliphatic rings. The van der Waals surface area contributed by atoms with E-state index in [9.17, 15) is 4.79 Å². The van der Waals surface area contributed by atoms with Gasteiger partial charge in [-0.25, -0.2) is 15.0 Å². The topological polar surface area (TPSA) is 61.7 Å². The van der Waals surface area contributed by atoms with E-state index >= 15 is 0 Å². The molecule has 0 saturated carbocycles. The molecule has 1 unspecified atom stereocenters. The summed E-state index contributed by atoms with van der Waals surface area (Å²) >= 11 is 0. The number of anilines is 2. The van der Waals surface area contributed by atoms with E-state index in [1.54, 1.807) is 23.5 Å². The quantitative estimate of drug-likeness (QED) is 0.682. The maximum Gasteiger partial charge on any atom is 0.180 e. The number of nitrogens with zero attached hydrogens (tertiary/aromatic N) is 5. The van der Waals surface area contributed by atoms with Crippen LogP contribution in [0.4, 0.5) is 11.4 Å². The molecule has 2 aromatic carbocycles. The minimum atomic E-state index is -0.549. The number of aromatic nitrogens is 2. The van der Waals surface area contributed by atoms with Crippen LogP contribution in [-0.4, -0.2) is 34.7 Å². The molecule has 1 atom stereocenters. The van der Waals surface area contributed by atoms with Gasteiger partial charge in [-0.1, -0.05) is 36.4 Å². The fraction of sp³-hybridized carbons (Fsp3) is 0.100. The summed E-state index contributed by atoms with van der Waals surface area (Å²) in [7, 11) is 0. The Bertz CT molecular complexity index is 899. The highest BCUT2D eigenvalue weighted by molar-refractivity contribution is 6.03. The lowest BCUT2D eigenvalue weighted by Crippen LogP contribution is -2.54. The van der Waals surface area contributed by atoms with Crippen LogP contribution in [0.2, 0.25) is 0 Å². The van der Waals surface area contributed by atoms with E-state index in [2.05, 4.69) is 9.97 Å². The molecule has 1 aliphatic heterocycles. The van der Waals surface area contributed by atoms with Crippen molar-refractivity contribution in [2.45, 2.75) is 6.17 Å². The van der Waals surface area contributed by atoms with E-state index < -0.39 is 6.17 Å². The van der Waals surface area contributed by atoms with E-state index in [1.165, 1.54) is 0 Å². The standard InChI is InChI=1S/C20H17N5O/c26-15-19-24(16-8-3-1-4-9-16)14-18(20-21-12-7-13-22-20)23-25(19)17-10-5-2-6-11-17/h1-13,15,19H,14H2. The maximum absolute atomic E-state index is 12.0. The van der Waals surface area contributed by atoms with Crippen LogP contribution in [0.3, 0.4) is 0 Å². The SMILES string of the molecule is O=CC1N(c2ccccc2)CC(c2ncccn2)=NN1c1ccccc1. The third-order valence-corrected chi connectivity index (χ3v) is 4.17. The van der Waals surface area contributed by atoms with Crippen LogP contribution in [0.15, 0.2) is 84.2 Å². The highest BCUT2D eigenvalue weighted by Crippen LogP contribution is 2.26. The minimum absolute atomic E-state index is 0.445. The summed E-state index contributed by atoms with van der Waals surface area (Å²) in [4.78, 5) is 22.6. The van der Waals surface area contributed by atoms with Gasteiger partial charge in [0.15, 0.2) is 18.3 Å². The Labute approximate surface area is 151 Å². The molecule has 0 N–H and O–H groups in total. The molecule has 0 aliphatic carbocycles. The predicted octanol–water partition coefficient (Wildman–Crippen LogP) is 2.73. The second kappa shape index (κ2) is 7.14. The van der Waals surface area contributed by atoms with Crippen LogP contribution in [0.5, 0.6) is 0 Å². The number of rotatable bonds is 4. The molecule has 0 bridgehead atoms. The van der Waals surface area contributed by atoms with Crippen molar-refractivity contribution in [3.8, 4) is 0 Å². The predicted molar refractivity (Wildman–Crippen MR) is 101 cm³/mol. The molecule has 0 saturated heterocycles. The molecule has 6 heteroatoms. The number of para-hydroxylation sites is 2. The number of aldehydes is 1. The van der Waals surface area contributed by atoms with E-state index in [1.807, 2.05) is 65.6 Å². The van der Waals surface area contributed by atoms with E-state index in [4.69, 9.17) is 5.10 Å². The summed E-state index contributed by atoms with van der Waals surface area (Å²) in [6.45, 7) is 0.445. The molecule has 6 nitrogen and oxygen atoms in total. The van der Waals surface area contributed by atoms with Gasteiger partial charge in [-0.05, 0) is 30.3 Å². The van der Waals surface area contributed by atoms with Gasteiger partial charge in [-0.3, -0.25) is 4.79 Å². The number of hydrogen-bond donors (Lipinski definition) is 0. The van der Waals surface area contributed by atoms with E-state index in [0.29, 0.717) is 18.1 Å². The monoisotopic (exact) mass is 343 g/mol. The first kappa shape index (κ1) is 16.0. The van der Waals surface area contributed by atoms with Crippen LogP contribution in [0.1, 0.15) is 5.82 Å². The minimum Gasteiger partial charge on any atom is -0.338 e. The first-order chi connectivity index (χ1) is 12.9. The molecule has 3 aromatic rings. The van der Waals surface area contributed by atoms with E-state index in [0.717, 1.165) is 17.7 Å². The first-order valence-corrected chi connectivity index (χ1v) is 8.33. The van der Waals surface area contributed by atoms with Crippen molar-refractivity contribution in [3.05, 3.63) is 84.9 Å². The molecule has 0 amide bonds. The van der Waals surface area contributed by atoms with Gasteiger partial charge in [0.1, 0.15) is 5.71 Å². The molecular formula is C20H17N5O. The third-order valence-electron chi connectivity index (χ3n) is 4.17. The maximum atomic E-state index is 12.0. The van der Waals surface area contributed by atoms with Crippen molar-refractivity contribution in [3.63, 3.8) is 0 Å². The Balaban J connectivity index is 1.83. The average Bonchev–Trinajstić information content (AvgIpc) is 2.74. The van der Waals surface area contributed by atoms with Gasteiger partial charge < -0.3 is 4.90 Å². The third kappa shape index (κ3) is 3.04. The molecular weight excluding hydrogens is 326 g/mol. The van der Waals surface area contributed by atoms with Gasteiger partial charge in [0.2, 0.25) is 0 Å². The Hall–Kier alpha value is -3.54. The fourth-order valence-electron chi connectivity index (χ4n) is 2.96. The highest BCUT2D eigenvalue weighted by atomic mass is 16.1. The largest absolute Gasteiger partial charge is 0.338 e. The summed E-state index contributed by atoms with van der Waals surface area (Å²) in [6.07, 6.45) is 3.74. The zero-order valence-corrected chi connectivity index (χ0v) is 14.0. The van der Waals surface area contributed by atoms with Crippen LogP contribution in [0.25, 0.3) is 0 Å². The van der Waals surface area contributed by atoms with E-state index in [-0.39, 0.29) is 0 Å². The number of hydrogen-bond acceptors (Lipinski definition) is 6. The normalized spacial score (nSPS) is 16.9. The van der Waals surface area contributed by atoms with Gasteiger partial charge in [-0.2, -0.15) is 5.10 Å². The number of carbonyl (C=O) groups excluding carboxylic acids is 1. The van der Waals surface area contributed by atoms with Gasteiger partial charge in [-0.15, -0.1) is 0 Å². The van der Waals surface area contributed by atoms with Gasteiger partial charge in [0.25, 0.3) is 0 Å². The molecule has 0 spiro atoms. The van der Waals surface area contributed by atoms with Crippen molar-refractivity contribution in [1.82, 2.24) is 9.97 Å². The fourth-order valence-corrected chi connectivity index (χ4v) is 2.96. The van der Waals surface area contributed by atoms with Crippen LogP contribution >= 0.6 is 0 Å². The second-order valence-corrected chi connectivity index (χ2v) is 5.81. The van der Waals surface area contributed by atoms with Crippen LogP contribution in [-0.2, 0) is 4.79 Å². The lowest BCUT2D eigenvalue weighted by molar-refractivity contribution is -0.109. The summed E-state index contributed by atoms with van der Waals surface area (Å²) in [5.74, 6) is 0.554. The Morgan fingerprint density at radius 1 is 0.846 bits per heavy atom. The number of benzene rings is 2. The average molecular weight is 343 g/mol. The Morgan fingerprint density at radius 2 is 1.46 bits per heavy atom. The second-order valence-electron chi connectivity index (χ2n) is 5.81. The Morgan fingerprint density at radius 3 is 2.08 bits per heavy atom. The molecule has 0 fully saturated rings. The van der Waals surface area contributed by atoms with Crippen LogP contribution in [0, 0.1) is 0 Å². The summed E-state index contributed by atoms with van der Waals surface area (Å²) in [5, 5.41) is 6.42. The van der Waals surface area contributed by atoms with Gasteiger partial charge in [0.05, 0.1) is 12.2 Å². The van der Waals surface area contributed by atoms with Gasteiger partial charge >= 0.3 is 0 Å². The lowest BCUT2D eigenvalue weighted by Gasteiger charge is -2.40. The summed E-state index contributed by atoms with van der Waals surface area (Å²) in [5.41, 5.74) is 2.48. The van der Waals surface area contributed by atoms with Crippen molar-refractivity contribution >= 4 is 23.4 Å². The van der Waals surface area contributed by atoms with Crippen molar-refractivity contribution < 1.29 is 4.79 Å². The summed E-state index contributed by atoms with van der Waals surface area (Å²) < 4.78 is 0. The molecule has 4 rings (SSSR count). The van der Waals surface area contributed by atoms with Crippen LogP contribution < -0.4 is 9.91 Å². The zero-order chi connectivity index (χ0) is 17.8. The van der Waals surface area contributed by atoms with Crippen molar-refractivity contribution in [1.29, 1.82) is 0 Å². The molecule has 1 aromatic heterocycles. The molecule has 26 heavy (non-hydrogen) atoms. The Kier molecular flexibility index (Phi) is 4.38. The van der Waals surface area contributed by atoms with Crippen molar-refractivity contribution in [2.75, 3.05) is 16.5 Å². The first-order valence-electron chi connectivity index (χ1n) is 8.33. The lowest BCUT2D eigenvalue weighted by atomic mass is 10.2. The number of carbonyl (C=O) groups is 1. The van der Waals surface area contributed by atoms with Gasteiger partial charge in [0, 0.05) is 18.1 Å². The number of hydrazone groups is 1. The molecule has 0 radical (unpaired) electrons. The smallest absolute Gasteiger partial charge is 0.180 e. The molecule has 2 heterocycles. The highest BCUT2D eigenvalue weighted by Gasteiger charge is 2.32. The molecule has 128 valence electrons.